The maximum atomic E-state index is 12.4. The van der Waals surface area contributed by atoms with Crippen LogP contribution in [0.25, 0.3) is 0 Å². The van der Waals surface area contributed by atoms with Crippen LogP contribution in [0.1, 0.15) is 24.2 Å². The number of ether oxygens (including phenoxy) is 4. The minimum absolute atomic E-state index is 0.0450. The van der Waals surface area contributed by atoms with Gasteiger partial charge in [-0.25, -0.2) is 4.79 Å². The normalized spacial score (nSPS) is 11.2. The van der Waals surface area contributed by atoms with Crippen LogP contribution < -0.4 is 19.5 Å². The third-order valence-corrected chi connectivity index (χ3v) is 4.01. The molecule has 2 rings (SSSR count). The minimum Gasteiger partial charge on any atom is -0.496 e. The Kier molecular flexibility index (Phi) is 7.56. The van der Waals surface area contributed by atoms with Gasteiger partial charge in [-0.05, 0) is 44.2 Å². The van der Waals surface area contributed by atoms with Crippen molar-refractivity contribution in [1.29, 1.82) is 0 Å². The van der Waals surface area contributed by atoms with Crippen LogP contribution in [0.2, 0.25) is 0 Å². The monoisotopic (exact) mass is 418 g/mol. The molecule has 1 atom stereocenters. The lowest BCUT2D eigenvalue weighted by Crippen LogP contribution is -2.30. The highest BCUT2D eigenvalue weighted by atomic mass is 16.6. The summed E-state index contributed by atoms with van der Waals surface area (Å²) in [7, 11) is 2.81. The number of hydrogen-bond donors (Lipinski definition) is 1. The maximum absolute atomic E-state index is 12.4. The number of hydrogen-bond acceptors (Lipinski definition) is 8. The Hall–Kier alpha value is -3.82. The van der Waals surface area contributed by atoms with Gasteiger partial charge in [-0.2, -0.15) is 0 Å². The van der Waals surface area contributed by atoms with Gasteiger partial charge in [0.1, 0.15) is 11.4 Å². The summed E-state index contributed by atoms with van der Waals surface area (Å²) >= 11 is 0. The number of nitro benzene ring substituents is 1. The average Bonchev–Trinajstić information content (AvgIpc) is 2.74. The first-order valence-electron chi connectivity index (χ1n) is 8.95. The molecule has 30 heavy (non-hydrogen) atoms. The Morgan fingerprint density at radius 3 is 2.43 bits per heavy atom. The van der Waals surface area contributed by atoms with Gasteiger partial charge in [-0.15, -0.1) is 0 Å². The van der Waals surface area contributed by atoms with Crippen molar-refractivity contribution in [3.8, 4) is 17.2 Å². The van der Waals surface area contributed by atoms with Gasteiger partial charge < -0.3 is 24.3 Å². The van der Waals surface area contributed by atoms with Gasteiger partial charge in [-0.3, -0.25) is 14.9 Å². The second-order valence-corrected chi connectivity index (χ2v) is 5.98. The molecule has 0 bridgehead atoms. The van der Waals surface area contributed by atoms with E-state index in [2.05, 4.69) is 5.32 Å². The molecule has 0 aliphatic heterocycles. The number of rotatable bonds is 9. The van der Waals surface area contributed by atoms with E-state index in [1.807, 2.05) is 6.92 Å². The Morgan fingerprint density at radius 1 is 1.10 bits per heavy atom. The number of benzene rings is 2. The molecular weight excluding hydrogens is 396 g/mol. The molecule has 0 radical (unpaired) electrons. The van der Waals surface area contributed by atoms with Crippen LogP contribution in [0.4, 0.5) is 11.4 Å². The van der Waals surface area contributed by atoms with E-state index in [-0.39, 0.29) is 22.7 Å². The van der Waals surface area contributed by atoms with E-state index in [1.54, 1.807) is 6.07 Å². The molecule has 0 saturated carbocycles. The zero-order chi connectivity index (χ0) is 22.3. The Morgan fingerprint density at radius 2 is 1.83 bits per heavy atom. The van der Waals surface area contributed by atoms with Crippen LogP contribution in [-0.2, 0) is 9.53 Å². The van der Waals surface area contributed by atoms with Crippen molar-refractivity contribution in [2.75, 3.05) is 26.1 Å². The topological polar surface area (TPSA) is 126 Å². The van der Waals surface area contributed by atoms with Crippen molar-refractivity contribution in [3.05, 3.63) is 52.1 Å². The van der Waals surface area contributed by atoms with E-state index in [0.29, 0.717) is 18.1 Å². The lowest BCUT2D eigenvalue weighted by molar-refractivity contribution is -0.384. The molecule has 0 spiro atoms. The number of nitrogens with one attached hydrogen (secondary N) is 1. The molecule has 0 unspecified atom stereocenters. The second kappa shape index (κ2) is 10.1. The summed E-state index contributed by atoms with van der Waals surface area (Å²) in [6.07, 6.45) is -1.21. The zero-order valence-electron chi connectivity index (χ0n) is 17.0. The Labute approximate surface area is 172 Å². The van der Waals surface area contributed by atoms with Crippen molar-refractivity contribution < 1.29 is 33.5 Å². The average molecular weight is 418 g/mol. The van der Waals surface area contributed by atoms with Gasteiger partial charge in [0.05, 0.1) is 37.4 Å². The predicted octanol–water partition coefficient (Wildman–Crippen LogP) is 3.19. The number of anilines is 1. The highest BCUT2D eigenvalue weighted by Gasteiger charge is 2.23. The number of nitro groups is 1. The van der Waals surface area contributed by atoms with E-state index in [0.717, 1.165) is 0 Å². The van der Waals surface area contributed by atoms with Gasteiger partial charge in [0, 0.05) is 0 Å². The number of nitrogens with zero attached hydrogens (tertiary/aromatic N) is 1. The van der Waals surface area contributed by atoms with Crippen molar-refractivity contribution in [3.63, 3.8) is 0 Å². The van der Waals surface area contributed by atoms with Gasteiger partial charge in [-0.1, -0.05) is 0 Å². The van der Waals surface area contributed by atoms with E-state index in [1.165, 1.54) is 51.5 Å². The molecule has 160 valence electrons. The quantitative estimate of drug-likeness (QED) is 0.374. The van der Waals surface area contributed by atoms with Gasteiger partial charge in [0.25, 0.3) is 11.6 Å². The molecule has 0 fully saturated rings. The fraction of sp³-hybridized carbons (Fsp3) is 0.300. The molecule has 0 aliphatic rings. The fourth-order valence-corrected chi connectivity index (χ4v) is 2.48. The van der Waals surface area contributed by atoms with Crippen LogP contribution in [0.15, 0.2) is 36.4 Å². The minimum atomic E-state index is -1.21. The summed E-state index contributed by atoms with van der Waals surface area (Å²) in [6.45, 7) is 3.60. The molecule has 10 heteroatoms. The highest BCUT2D eigenvalue weighted by Crippen LogP contribution is 2.30. The lowest BCUT2D eigenvalue weighted by Gasteiger charge is -2.15. The summed E-state index contributed by atoms with van der Waals surface area (Å²) in [5.41, 5.74) is -0.237. The molecule has 2 aromatic rings. The van der Waals surface area contributed by atoms with Crippen molar-refractivity contribution >= 4 is 23.3 Å². The summed E-state index contributed by atoms with van der Waals surface area (Å²) in [4.78, 5) is 35.3. The molecule has 0 heterocycles. The van der Waals surface area contributed by atoms with Crippen LogP contribution in [0.5, 0.6) is 17.2 Å². The van der Waals surface area contributed by atoms with Crippen LogP contribution in [0.3, 0.4) is 0 Å². The van der Waals surface area contributed by atoms with Gasteiger partial charge in [0.15, 0.2) is 17.6 Å². The summed E-state index contributed by atoms with van der Waals surface area (Å²) < 4.78 is 20.7. The van der Waals surface area contributed by atoms with Crippen molar-refractivity contribution in [2.24, 2.45) is 0 Å². The van der Waals surface area contributed by atoms with E-state index >= 15 is 0 Å². The predicted molar refractivity (Wildman–Crippen MR) is 107 cm³/mol. The smallest absolute Gasteiger partial charge is 0.339 e. The number of methoxy groups -OCH3 is 2. The molecule has 2 aromatic carbocycles. The zero-order valence-corrected chi connectivity index (χ0v) is 17.0. The number of amides is 1. The highest BCUT2D eigenvalue weighted by molar-refractivity contribution is 5.98. The van der Waals surface area contributed by atoms with Crippen LogP contribution >= 0.6 is 0 Å². The number of esters is 1. The lowest BCUT2D eigenvalue weighted by atomic mass is 10.2. The molecular formula is C20H22N2O8. The SMILES string of the molecule is CCOc1ccc(C(=O)O[C@@H](C)C(=O)Nc2ccc(OC)cc2[N+](=O)[O-])cc1OC. The second-order valence-electron chi connectivity index (χ2n) is 5.98. The maximum Gasteiger partial charge on any atom is 0.339 e. The summed E-state index contributed by atoms with van der Waals surface area (Å²) in [6, 6.07) is 8.45. The van der Waals surface area contributed by atoms with Crippen LogP contribution in [0, 0.1) is 10.1 Å². The van der Waals surface area contributed by atoms with E-state index in [4.69, 9.17) is 18.9 Å². The van der Waals surface area contributed by atoms with Gasteiger partial charge in [0.2, 0.25) is 0 Å². The molecule has 10 nitrogen and oxygen atoms in total. The number of carbonyl (C=O) groups excluding carboxylic acids is 2. The largest absolute Gasteiger partial charge is 0.496 e. The third kappa shape index (κ3) is 5.37. The van der Waals surface area contributed by atoms with E-state index < -0.39 is 22.9 Å². The summed E-state index contributed by atoms with van der Waals surface area (Å²) in [5, 5.41) is 13.6. The molecule has 0 aromatic heterocycles. The standard InChI is InChI=1S/C20H22N2O8/c1-5-29-17-9-6-13(10-18(17)28-4)20(24)30-12(2)19(23)21-15-8-7-14(27-3)11-16(15)22(25)26/h6-12H,5H2,1-4H3,(H,21,23)/t12-/m0/s1. The van der Waals surface area contributed by atoms with Crippen LogP contribution in [-0.4, -0.2) is 43.7 Å². The number of carbonyl (C=O) groups is 2. The summed E-state index contributed by atoms with van der Waals surface area (Å²) in [5.74, 6) is -0.409. The fourth-order valence-electron chi connectivity index (χ4n) is 2.48. The third-order valence-electron chi connectivity index (χ3n) is 4.01. The first kappa shape index (κ1) is 22.5. The van der Waals surface area contributed by atoms with E-state index in [9.17, 15) is 19.7 Å². The molecule has 1 amide bonds. The Balaban J connectivity index is 2.11. The van der Waals surface area contributed by atoms with Crippen molar-refractivity contribution in [1.82, 2.24) is 0 Å². The van der Waals surface area contributed by atoms with Crippen molar-refractivity contribution in [2.45, 2.75) is 20.0 Å². The molecule has 0 saturated heterocycles. The molecule has 1 N–H and O–H groups in total. The first-order valence-corrected chi connectivity index (χ1v) is 8.95. The first-order chi connectivity index (χ1) is 14.3. The molecule has 0 aliphatic carbocycles. The Bertz CT molecular complexity index is 944. The van der Waals surface area contributed by atoms with Gasteiger partial charge >= 0.3 is 5.97 Å².